The largest absolute Gasteiger partial charge is 0.463 e. The highest BCUT2D eigenvalue weighted by atomic mass is 16.5. The van der Waals surface area contributed by atoms with Crippen LogP contribution in [0.25, 0.3) is 0 Å². The molecule has 6 rings (SSSR count). The van der Waals surface area contributed by atoms with Crippen LogP contribution < -0.4 is 18.3 Å². The van der Waals surface area contributed by atoms with Crippen molar-refractivity contribution < 1.29 is 84.6 Å². The number of carbonyl (C=O) groups excluding carboxylic acids is 6. The molecule has 0 N–H and O–H groups in total. The highest BCUT2D eigenvalue weighted by Crippen LogP contribution is 1.95. The van der Waals surface area contributed by atoms with Crippen LogP contribution in [0.15, 0.2) is 92.6 Å². The monoisotopic (exact) mass is 1010 g/mol. The highest BCUT2D eigenvalue weighted by Gasteiger charge is 2.23. The van der Waals surface area contributed by atoms with Crippen LogP contribution in [0.5, 0.6) is 0 Å². The van der Waals surface area contributed by atoms with E-state index in [1.54, 1.807) is 103 Å². The molecule has 0 spiro atoms. The second-order valence-electron chi connectivity index (χ2n) is 12.4. The summed E-state index contributed by atoms with van der Waals surface area (Å²) in [6.07, 6.45) is 21.3. The number of hydrogen-bond donors (Lipinski definition) is 0. The third kappa shape index (κ3) is 27.2. The van der Waals surface area contributed by atoms with Crippen molar-refractivity contribution in [1.82, 2.24) is 24.9 Å². The lowest BCUT2D eigenvalue weighted by atomic mass is 10.4. The van der Waals surface area contributed by atoms with Crippen LogP contribution in [0.3, 0.4) is 0 Å². The van der Waals surface area contributed by atoms with Gasteiger partial charge in [0.15, 0.2) is 19.3 Å². The quantitative estimate of drug-likeness (QED) is 0.152. The van der Waals surface area contributed by atoms with E-state index < -0.39 is 11.9 Å². The van der Waals surface area contributed by atoms with Gasteiger partial charge in [-0.3, -0.25) is 4.98 Å². The van der Waals surface area contributed by atoms with Gasteiger partial charge < -0.3 is 28.4 Å². The Labute approximate surface area is 424 Å². The van der Waals surface area contributed by atoms with Crippen LogP contribution in [0, 0.1) is 0 Å². The van der Waals surface area contributed by atoms with E-state index in [1.807, 2.05) is 90.8 Å². The van der Waals surface area contributed by atoms with Crippen LogP contribution >= 0.6 is 0 Å². The Kier molecular flexibility index (Phi) is 43.2. The summed E-state index contributed by atoms with van der Waals surface area (Å²) in [5.41, 5.74) is 2.18. The number of esters is 6. The van der Waals surface area contributed by atoms with E-state index in [4.69, 9.17) is 0 Å². The first-order chi connectivity index (χ1) is 34.5. The first-order valence-electron chi connectivity index (χ1n) is 22.6. The summed E-state index contributed by atoms with van der Waals surface area (Å²) < 4.78 is 37.1. The molecule has 0 saturated heterocycles. The van der Waals surface area contributed by atoms with Crippen LogP contribution in [-0.4, -0.2) is 151 Å². The fourth-order valence-electron chi connectivity index (χ4n) is 4.61. The molecule has 0 bridgehead atoms. The first-order valence-corrected chi connectivity index (χ1v) is 22.6. The second kappa shape index (κ2) is 44.1. The molecule has 396 valence electrons. The van der Waals surface area contributed by atoms with Crippen molar-refractivity contribution in [2.45, 2.75) is 55.4 Å². The molecule has 0 radical (unpaired) electrons. The first kappa shape index (κ1) is 70.5. The summed E-state index contributed by atoms with van der Waals surface area (Å²) in [7, 11) is 18.7. The molecule has 0 aliphatic carbocycles. The topological polar surface area (TPSA) is 244 Å². The number of aromatic nitrogens is 9. The summed E-state index contributed by atoms with van der Waals surface area (Å²) >= 11 is 0. The van der Waals surface area contributed by atoms with Gasteiger partial charge in [0, 0.05) is 24.3 Å². The molecule has 0 fully saturated rings. The number of rotatable bonds is 6. The molecule has 72 heavy (non-hydrogen) atoms. The maximum absolute atomic E-state index is 11.0. The average molecular weight is 1010 g/mol. The molecule has 4 aromatic heterocycles. The lowest BCUT2D eigenvalue weighted by molar-refractivity contribution is -0.680. The number of hydrogen-bond acceptors (Lipinski definition) is 17. The molecule has 0 aromatic carbocycles. The lowest BCUT2D eigenvalue weighted by Gasteiger charge is -1.96. The average Bonchev–Trinajstić information content (AvgIpc) is 4.08. The normalized spacial score (nSPS) is 10.5. The Morgan fingerprint density at radius 3 is 1.25 bits per heavy atom. The molecule has 0 saturated carbocycles. The Bertz CT molecular complexity index is 2090. The molecular weight excluding hydrogens is 935 g/mol. The molecule has 0 amide bonds. The van der Waals surface area contributed by atoms with Crippen molar-refractivity contribution >= 4 is 47.2 Å². The number of carbonyl (C=O) groups is 6. The van der Waals surface area contributed by atoms with Crippen LogP contribution in [-0.2, 0) is 66.2 Å². The maximum atomic E-state index is 11.0. The number of ether oxygens (including phenoxy) is 6. The zero-order valence-electron chi connectivity index (χ0n) is 45.9. The number of nitrogens with zero attached hydrogens (tertiary/aromatic N) is 11. The molecular formula is C49H79N11O12+6. The predicted molar refractivity (Wildman–Crippen MR) is 265 cm³/mol. The van der Waals surface area contributed by atoms with Crippen molar-refractivity contribution in [3.63, 3.8) is 0 Å². The third-order valence-electron chi connectivity index (χ3n) is 8.09. The van der Waals surface area contributed by atoms with E-state index >= 15 is 0 Å². The highest BCUT2D eigenvalue weighted by molar-refractivity contribution is 6.39. The SMILES string of the molecule is CC.CC.CC.CC.COC(=O)C1=[N+](C)CC=C1.COC(=O)C1=[N+](C)CC=C1.COC(=O)c1ccnc[n+]1C.COC(=O)c1cncc[n+]1C.COC(=O)c1nccc[n+]1C.COC(=O)c1ncnc[n+]1C. The van der Waals surface area contributed by atoms with Gasteiger partial charge in [-0.1, -0.05) is 70.3 Å². The molecule has 23 nitrogen and oxygen atoms in total. The summed E-state index contributed by atoms with van der Waals surface area (Å²) in [5.74, 6) is -1.61. The number of likely N-dealkylation sites (N-methyl/N-ethyl adjacent to an activating group) is 2. The van der Waals surface area contributed by atoms with Gasteiger partial charge >= 0.3 is 53.2 Å². The molecule has 0 unspecified atom stereocenters. The van der Waals surface area contributed by atoms with Gasteiger partial charge in [-0.2, -0.15) is 4.57 Å². The summed E-state index contributed by atoms with van der Waals surface area (Å²) in [4.78, 5) is 84.4. The molecule has 4 aromatic rings. The predicted octanol–water partition coefficient (Wildman–Crippen LogP) is 1.90. The Balaban J connectivity index is -0.000000374. The standard InChI is InChI=1S/3C7H9N2O2.2C7H10NO2.C6H8N3O2.4C2H6/c1-9-4-3-8-5-6(9)7(10)11-2;1-9-5-8-4-3-6(9)7(10)11-2;1-9-5-3-4-8-6(9)7(10)11-2;2*1-8-5-3-4-6(8)7(9)10-2;1-9-4-7-3-8-5(9)6(10)11-2;4*1-2/h3*3-5H,1-2H3;2*3-4H,5H2,1-2H3;3-4H,1-2H3;4*1-2H3/q6*+1;;;;. The van der Waals surface area contributed by atoms with Gasteiger partial charge in [-0.15, -0.1) is 0 Å². The molecule has 2 aliphatic rings. The van der Waals surface area contributed by atoms with Gasteiger partial charge in [-0.05, 0) is 17.1 Å². The molecule has 6 heterocycles. The van der Waals surface area contributed by atoms with Gasteiger partial charge in [0.2, 0.25) is 12.0 Å². The van der Waals surface area contributed by atoms with Crippen LogP contribution in [0.1, 0.15) is 97.6 Å². The summed E-state index contributed by atoms with van der Waals surface area (Å²) in [5, 5.41) is 0. The van der Waals surface area contributed by atoms with E-state index in [0.29, 0.717) is 28.6 Å². The van der Waals surface area contributed by atoms with Crippen molar-refractivity contribution in [2.75, 3.05) is 69.8 Å². The van der Waals surface area contributed by atoms with E-state index in [-0.39, 0.29) is 29.7 Å². The van der Waals surface area contributed by atoms with Crippen molar-refractivity contribution in [3.05, 3.63) is 116 Å². The van der Waals surface area contributed by atoms with Gasteiger partial charge in [0.05, 0.1) is 76.2 Å². The molecule has 23 heteroatoms. The van der Waals surface area contributed by atoms with Crippen molar-refractivity contribution in [2.24, 2.45) is 28.2 Å². The minimum Gasteiger partial charge on any atom is -0.463 e. The van der Waals surface area contributed by atoms with E-state index in [0.717, 1.165) is 13.1 Å². The Morgan fingerprint density at radius 2 is 0.875 bits per heavy atom. The Morgan fingerprint density at radius 1 is 0.444 bits per heavy atom. The zero-order valence-corrected chi connectivity index (χ0v) is 45.9. The molecule has 2 aliphatic heterocycles. The second-order valence-corrected chi connectivity index (χ2v) is 12.4. The molecule has 0 atom stereocenters. The minimum atomic E-state index is -0.463. The lowest BCUT2D eigenvalue weighted by Crippen LogP contribution is -2.38. The van der Waals surface area contributed by atoms with Crippen LogP contribution in [0.2, 0.25) is 0 Å². The van der Waals surface area contributed by atoms with Gasteiger partial charge in [-0.25, -0.2) is 51.6 Å². The summed E-state index contributed by atoms with van der Waals surface area (Å²) in [6, 6.07) is 3.35. The van der Waals surface area contributed by atoms with Crippen LogP contribution in [0.4, 0.5) is 0 Å². The number of methoxy groups -OCH3 is 6. The zero-order chi connectivity index (χ0) is 56.2. The third-order valence-corrected chi connectivity index (χ3v) is 8.09. The number of aryl methyl sites for hydroxylation is 4. The minimum absolute atomic E-state index is 0.238. The smallest absolute Gasteiger partial charge is 0.425 e. The van der Waals surface area contributed by atoms with E-state index in [1.165, 1.54) is 66.1 Å². The fourth-order valence-corrected chi connectivity index (χ4v) is 4.61. The van der Waals surface area contributed by atoms with E-state index in [9.17, 15) is 28.8 Å². The van der Waals surface area contributed by atoms with Crippen molar-refractivity contribution in [1.29, 1.82) is 0 Å². The van der Waals surface area contributed by atoms with Gasteiger partial charge in [0.1, 0.15) is 39.7 Å². The van der Waals surface area contributed by atoms with E-state index in [2.05, 4.69) is 53.3 Å². The Hall–Kier alpha value is -8.11. The maximum Gasteiger partial charge on any atom is 0.425 e. The van der Waals surface area contributed by atoms with Gasteiger partial charge in [0.25, 0.3) is 24.1 Å². The van der Waals surface area contributed by atoms with Crippen molar-refractivity contribution in [3.8, 4) is 0 Å². The fraction of sp³-hybridized carbons (Fsp3) is 0.449. The summed E-state index contributed by atoms with van der Waals surface area (Å²) in [6.45, 7) is 17.6.